The van der Waals surface area contributed by atoms with Crippen LogP contribution in [-0.4, -0.2) is 51.9 Å². The van der Waals surface area contributed by atoms with Crippen LogP contribution in [0, 0.1) is 5.92 Å². The lowest BCUT2D eigenvalue weighted by molar-refractivity contribution is 0.0949. The normalized spacial score (nSPS) is 12.0. The van der Waals surface area contributed by atoms with Gasteiger partial charge in [0.05, 0.1) is 15.6 Å². The first-order valence-electron chi connectivity index (χ1n) is 8.61. The van der Waals surface area contributed by atoms with Crippen molar-refractivity contribution in [3.63, 3.8) is 0 Å². The average Bonchev–Trinajstić information content (AvgIpc) is 2.56. The van der Waals surface area contributed by atoms with Crippen LogP contribution in [0.5, 0.6) is 0 Å². The number of nitrogens with zero attached hydrogens (tertiary/aromatic N) is 1. The molecular weight excluding hydrogens is 397 g/mol. The van der Waals surface area contributed by atoms with E-state index in [2.05, 4.69) is 14.9 Å². The quantitative estimate of drug-likeness (QED) is 0.605. The van der Waals surface area contributed by atoms with Gasteiger partial charge in [0.2, 0.25) is 10.0 Å². The van der Waals surface area contributed by atoms with Crippen molar-refractivity contribution in [1.82, 2.24) is 14.9 Å². The molecule has 1 aromatic rings. The smallest absolute Gasteiger partial charge is 0.252 e. The molecule has 0 unspecified atom stereocenters. The molecule has 0 saturated heterocycles. The van der Waals surface area contributed by atoms with E-state index in [1.807, 2.05) is 27.7 Å². The highest BCUT2D eigenvalue weighted by molar-refractivity contribution is 7.89. The van der Waals surface area contributed by atoms with Gasteiger partial charge in [-0.2, -0.15) is 0 Å². The molecule has 148 valence electrons. The van der Waals surface area contributed by atoms with Crippen molar-refractivity contribution in [2.75, 3.05) is 32.7 Å². The highest BCUT2D eigenvalue weighted by atomic mass is 35.5. The Labute approximate surface area is 166 Å². The van der Waals surface area contributed by atoms with Gasteiger partial charge in [-0.3, -0.25) is 4.79 Å². The molecule has 1 rings (SSSR count). The third-order valence-corrected chi connectivity index (χ3v) is 6.05. The average molecular weight is 424 g/mol. The van der Waals surface area contributed by atoms with Crippen LogP contribution in [0.1, 0.15) is 38.1 Å². The van der Waals surface area contributed by atoms with Gasteiger partial charge in [-0.05, 0) is 31.1 Å². The number of carbonyl (C=O) groups excluding carboxylic acids is 1. The Morgan fingerprint density at radius 1 is 1.15 bits per heavy atom. The van der Waals surface area contributed by atoms with Crippen LogP contribution in [0.15, 0.2) is 17.0 Å². The van der Waals surface area contributed by atoms with Crippen LogP contribution in [0.2, 0.25) is 10.0 Å². The summed E-state index contributed by atoms with van der Waals surface area (Å²) in [5, 5.41) is 2.85. The molecule has 2 N–H and O–H groups in total. The fourth-order valence-electron chi connectivity index (χ4n) is 2.23. The Morgan fingerprint density at radius 2 is 1.77 bits per heavy atom. The third kappa shape index (κ3) is 6.70. The van der Waals surface area contributed by atoms with Crippen molar-refractivity contribution in [1.29, 1.82) is 0 Å². The summed E-state index contributed by atoms with van der Waals surface area (Å²) < 4.78 is 27.4. The van der Waals surface area contributed by atoms with Gasteiger partial charge in [0.25, 0.3) is 5.91 Å². The number of likely N-dealkylation sites (N-methyl/N-ethyl adjacent to an activating group) is 1. The summed E-state index contributed by atoms with van der Waals surface area (Å²) in [7, 11) is -3.83. The number of halogens is 2. The molecule has 9 heteroatoms. The van der Waals surface area contributed by atoms with E-state index in [9.17, 15) is 13.2 Å². The zero-order valence-corrected chi connectivity index (χ0v) is 17.9. The zero-order chi connectivity index (χ0) is 19.9. The minimum Gasteiger partial charge on any atom is -0.351 e. The van der Waals surface area contributed by atoms with Gasteiger partial charge in [0.15, 0.2) is 0 Å². The van der Waals surface area contributed by atoms with E-state index in [-0.39, 0.29) is 33.0 Å². The van der Waals surface area contributed by atoms with Crippen molar-refractivity contribution in [3.05, 3.63) is 27.7 Å². The maximum Gasteiger partial charge on any atom is 0.252 e. The highest BCUT2D eigenvalue weighted by Crippen LogP contribution is 2.28. The summed E-state index contributed by atoms with van der Waals surface area (Å²) in [6, 6.07) is 2.51. The lowest BCUT2D eigenvalue weighted by Gasteiger charge is -2.18. The second kappa shape index (κ2) is 10.5. The Morgan fingerprint density at radius 3 is 2.31 bits per heavy atom. The fourth-order valence-corrected chi connectivity index (χ4v) is 4.30. The van der Waals surface area contributed by atoms with E-state index < -0.39 is 15.9 Å². The minimum absolute atomic E-state index is 0.0223. The molecule has 0 aliphatic carbocycles. The summed E-state index contributed by atoms with van der Waals surface area (Å²) in [4.78, 5) is 14.4. The molecule has 1 amide bonds. The second-order valence-electron chi connectivity index (χ2n) is 6.29. The molecule has 0 radical (unpaired) electrons. The first kappa shape index (κ1) is 23.2. The van der Waals surface area contributed by atoms with E-state index in [0.29, 0.717) is 13.1 Å². The number of sulfonamides is 1. The molecule has 6 nitrogen and oxygen atoms in total. The zero-order valence-electron chi connectivity index (χ0n) is 15.6. The molecule has 0 saturated carbocycles. The molecule has 1 aromatic carbocycles. The number of benzene rings is 1. The predicted octanol–water partition coefficient (Wildman–Crippen LogP) is 3.00. The Hall–Kier alpha value is -0.860. The number of rotatable bonds is 10. The standard InChI is InChI=1S/C17H27Cl2N3O3S/c1-5-22(6-2)8-7-20-17(23)13-9-16(15(19)10-14(13)18)26(24,25)21-11-12(3)4/h9-10,12,21H,5-8,11H2,1-4H3,(H,20,23). The van der Waals surface area contributed by atoms with Gasteiger partial charge in [-0.25, -0.2) is 13.1 Å². The van der Waals surface area contributed by atoms with Crippen LogP contribution >= 0.6 is 23.2 Å². The van der Waals surface area contributed by atoms with Crippen LogP contribution in [-0.2, 0) is 10.0 Å². The Kier molecular flexibility index (Phi) is 9.33. The molecule has 0 spiro atoms. The van der Waals surface area contributed by atoms with Crippen molar-refractivity contribution in [2.24, 2.45) is 5.92 Å². The largest absolute Gasteiger partial charge is 0.351 e. The molecule has 26 heavy (non-hydrogen) atoms. The summed E-state index contributed by atoms with van der Waals surface area (Å²) in [6.07, 6.45) is 0. The first-order valence-corrected chi connectivity index (χ1v) is 10.9. The summed E-state index contributed by atoms with van der Waals surface area (Å²) in [5.41, 5.74) is 0.0838. The van der Waals surface area contributed by atoms with Crippen LogP contribution < -0.4 is 10.0 Å². The van der Waals surface area contributed by atoms with E-state index in [1.54, 1.807) is 0 Å². The van der Waals surface area contributed by atoms with Gasteiger partial charge in [-0.1, -0.05) is 50.9 Å². The Bertz CT molecular complexity index is 720. The summed E-state index contributed by atoms with van der Waals surface area (Å²) in [5.74, 6) is -0.294. The van der Waals surface area contributed by atoms with E-state index in [4.69, 9.17) is 23.2 Å². The van der Waals surface area contributed by atoms with E-state index in [0.717, 1.165) is 13.1 Å². The number of carbonyl (C=O) groups is 1. The van der Waals surface area contributed by atoms with Crippen LogP contribution in [0.4, 0.5) is 0 Å². The lowest BCUT2D eigenvalue weighted by Crippen LogP contribution is -2.35. The van der Waals surface area contributed by atoms with Crippen LogP contribution in [0.3, 0.4) is 0 Å². The van der Waals surface area contributed by atoms with Crippen molar-refractivity contribution < 1.29 is 13.2 Å². The highest BCUT2D eigenvalue weighted by Gasteiger charge is 2.22. The minimum atomic E-state index is -3.83. The number of amides is 1. The molecular formula is C17H27Cl2N3O3S. The predicted molar refractivity (Wildman–Crippen MR) is 107 cm³/mol. The number of hydrogen-bond acceptors (Lipinski definition) is 4. The van der Waals surface area contributed by atoms with Crippen molar-refractivity contribution in [2.45, 2.75) is 32.6 Å². The first-order chi connectivity index (χ1) is 12.1. The van der Waals surface area contributed by atoms with E-state index >= 15 is 0 Å². The lowest BCUT2D eigenvalue weighted by atomic mass is 10.2. The van der Waals surface area contributed by atoms with Gasteiger partial charge in [0.1, 0.15) is 4.90 Å². The molecule has 0 aliphatic heterocycles. The molecule has 0 bridgehead atoms. The van der Waals surface area contributed by atoms with Crippen molar-refractivity contribution >= 4 is 39.1 Å². The second-order valence-corrected chi connectivity index (χ2v) is 8.84. The van der Waals surface area contributed by atoms with E-state index in [1.165, 1.54) is 12.1 Å². The van der Waals surface area contributed by atoms with Gasteiger partial charge in [0, 0.05) is 19.6 Å². The maximum absolute atomic E-state index is 12.4. The monoisotopic (exact) mass is 423 g/mol. The topological polar surface area (TPSA) is 78.5 Å². The molecule has 0 heterocycles. The third-order valence-electron chi connectivity index (χ3n) is 3.85. The maximum atomic E-state index is 12.4. The SMILES string of the molecule is CCN(CC)CCNC(=O)c1cc(S(=O)(=O)NCC(C)C)c(Cl)cc1Cl. The van der Waals surface area contributed by atoms with Gasteiger partial charge in [-0.15, -0.1) is 0 Å². The molecule has 0 atom stereocenters. The van der Waals surface area contributed by atoms with Crippen molar-refractivity contribution in [3.8, 4) is 0 Å². The molecule has 0 aromatic heterocycles. The van der Waals surface area contributed by atoms with Gasteiger partial charge < -0.3 is 10.2 Å². The molecule has 0 fully saturated rings. The number of hydrogen-bond donors (Lipinski definition) is 2. The summed E-state index contributed by atoms with van der Waals surface area (Å²) in [6.45, 7) is 11.0. The van der Waals surface area contributed by atoms with Gasteiger partial charge >= 0.3 is 0 Å². The fraction of sp³-hybridized carbons (Fsp3) is 0.588. The number of nitrogens with one attached hydrogen (secondary N) is 2. The summed E-state index contributed by atoms with van der Waals surface area (Å²) >= 11 is 12.1. The van der Waals surface area contributed by atoms with Crippen LogP contribution in [0.25, 0.3) is 0 Å². The molecule has 0 aliphatic rings. The Balaban J connectivity index is 2.98.